The molecule has 0 rings (SSSR count). The highest BCUT2D eigenvalue weighted by molar-refractivity contribution is 7.47. The van der Waals surface area contributed by atoms with E-state index in [9.17, 15) is 43.2 Å². The van der Waals surface area contributed by atoms with Gasteiger partial charge in [-0.1, -0.05) is 246 Å². The fourth-order valence-electron chi connectivity index (χ4n) is 9.65. The first-order valence-electron chi connectivity index (χ1n) is 37.8. The first-order valence-corrected chi connectivity index (χ1v) is 40.8. The molecule has 0 spiro atoms. The highest BCUT2D eigenvalue weighted by Crippen LogP contribution is 2.45. The van der Waals surface area contributed by atoms with Gasteiger partial charge in [0.05, 0.1) is 26.4 Å². The molecule has 5 unspecified atom stereocenters. The molecule has 0 radical (unpaired) electrons. The third kappa shape index (κ3) is 69.9. The lowest BCUT2D eigenvalue weighted by molar-refractivity contribution is -0.161. The van der Waals surface area contributed by atoms with Crippen LogP contribution in [-0.2, 0) is 65.4 Å². The van der Waals surface area contributed by atoms with Crippen LogP contribution in [0.25, 0.3) is 0 Å². The number of allylic oxidation sites excluding steroid dienone is 20. The van der Waals surface area contributed by atoms with E-state index in [0.29, 0.717) is 25.7 Å². The standard InChI is InChI=1S/C79H134O17P2/c1-5-9-13-17-21-25-29-32-35-36-39-41-45-48-52-56-60-64-77(82)90-70-75(96-79(84)66-62-58-54-50-46-42-38-34-31-27-23-19-15-11-7-3)72-94-98(87,88)92-68-73(80)67-91-97(85,86)93-71-74(95-78(83)65-61-57-53-49-43-28-24-20-16-12-8-4)69-89-76(81)63-59-55-51-47-44-40-37-33-30-26-22-18-14-10-6-2/h9,11,13,15,20-27,32-35,37-39,41,73-75,80H,5-8,10,12,14,16-19,28-31,36,40,42-72H2,1-4H3,(H,85,86)(H,87,88)/b13-9-,15-11-,24-20-,25-21-,26-22-,27-23-,35-32-,37-33-,38-34-,41-39-. The van der Waals surface area contributed by atoms with Crippen LogP contribution in [0.2, 0.25) is 0 Å². The number of unbranched alkanes of at least 4 members (excludes halogenated alkanes) is 24. The van der Waals surface area contributed by atoms with Gasteiger partial charge in [0.1, 0.15) is 19.3 Å². The molecule has 0 aliphatic heterocycles. The van der Waals surface area contributed by atoms with Gasteiger partial charge in [0.25, 0.3) is 0 Å². The number of ether oxygens (including phenoxy) is 4. The van der Waals surface area contributed by atoms with Crippen molar-refractivity contribution in [3.05, 3.63) is 122 Å². The molecule has 0 bridgehead atoms. The summed E-state index contributed by atoms with van der Waals surface area (Å²) in [6.07, 6.45) is 76.2. The van der Waals surface area contributed by atoms with Crippen molar-refractivity contribution in [1.82, 2.24) is 0 Å². The number of phosphoric acid groups is 2. The Morgan fingerprint density at radius 2 is 0.541 bits per heavy atom. The zero-order chi connectivity index (χ0) is 71.8. The van der Waals surface area contributed by atoms with E-state index in [1.54, 1.807) is 0 Å². The number of hydrogen-bond acceptors (Lipinski definition) is 15. The maximum atomic E-state index is 13.1. The summed E-state index contributed by atoms with van der Waals surface area (Å²) < 4.78 is 68.4. The monoisotopic (exact) mass is 1420 g/mol. The minimum atomic E-state index is -4.99. The van der Waals surface area contributed by atoms with Crippen molar-refractivity contribution in [3.63, 3.8) is 0 Å². The van der Waals surface area contributed by atoms with E-state index in [1.807, 2.05) is 0 Å². The average molecular weight is 1420 g/mol. The molecule has 0 heterocycles. The minimum Gasteiger partial charge on any atom is -0.462 e. The van der Waals surface area contributed by atoms with Gasteiger partial charge < -0.3 is 33.8 Å². The molecular weight excluding hydrogens is 1280 g/mol. The maximum Gasteiger partial charge on any atom is 0.472 e. The van der Waals surface area contributed by atoms with Crippen molar-refractivity contribution in [2.75, 3.05) is 39.6 Å². The average Bonchev–Trinajstić information content (AvgIpc) is 0.986. The van der Waals surface area contributed by atoms with E-state index in [1.165, 1.54) is 32.1 Å². The number of rotatable bonds is 70. The SMILES string of the molecule is CC/C=C\C/C=C\C/C=C\C/C=C\CCCCCCC(=O)OCC(COP(=O)(O)OCC(O)COP(=O)(O)OCC(COC(=O)CCCCCCC/C=C\C/C=C\CCCCC)OC(=O)CCCCCCC/C=C\CCCC)OC(=O)CCCCCCC/C=C\C/C=C\C/C=C\CC. The van der Waals surface area contributed by atoms with Crippen LogP contribution in [0.5, 0.6) is 0 Å². The Balaban J connectivity index is 5.38. The number of aliphatic hydroxyl groups is 1. The molecule has 0 saturated carbocycles. The molecule has 19 heteroatoms. The summed E-state index contributed by atoms with van der Waals surface area (Å²) in [6, 6.07) is 0. The predicted molar refractivity (Wildman–Crippen MR) is 399 cm³/mol. The van der Waals surface area contributed by atoms with Crippen molar-refractivity contribution in [2.24, 2.45) is 0 Å². The predicted octanol–water partition coefficient (Wildman–Crippen LogP) is 21.6. The number of carbonyl (C=O) groups excluding carboxylic acids is 4. The molecular formula is C79H134O17P2. The van der Waals surface area contributed by atoms with Gasteiger partial charge in [-0.25, -0.2) is 9.13 Å². The third-order valence-corrected chi connectivity index (χ3v) is 17.3. The van der Waals surface area contributed by atoms with E-state index in [-0.39, 0.29) is 25.7 Å². The molecule has 3 N–H and O–H groups in total. The van der Waals surface area contributed by atoms with Crippen LogP contribution < -0.4 is 0 Å². The molecule has 0 fully saturated rings. The minimum absolute atomic E-state index is 0.0669. The van der Waals surface area contributed by atoms with Crippen molar-refractivity contribution >= 4 is 39.5 Å². The topological polar surface area (TPSA) is 237 Å². The van der Waals surface area contributed by atoms with Gasteiger partial charge in [-0.15, -0.1) is 0 Å². The summed E-state index contributed by atoms with van der Waals surface area (Å²) in [4.78, 5) is 72.8. The highest BCUT2D eigenvalue weighted by atomic mass is 31.2. The second-order valence-electron chi connectivity index (χ2n) is 24.8. The van der Waals surface area contributed by atoms with E-state index in [4.69, 9.17) is 37.0 Å². The Hall–Kier alpha value is -4.54. The van der Waals surface area contributed by atoms with E-state index in [0.717, 1.165) is 186 Å². The lowest BCUT2D eigenvalue weighted by Gasteiger charge is -2.21. The zero-order valence-electron chi connectivity index (χ0n) is 61.2. The lowest BCUT2D eigenvalue weighted by Crippen LogP contribution is -2.30. The number of hydrogen-bond donors (Lipinski definition) is 3. The maximum absolute atomic E-state index is 13.1. The highest BCUT2D eigenvalue weighted by Gasteiger charge is 2.30. The van der Waals surface area contributed by atoms with Crippen LogP contribution in [0.3, 0.4) is 0 Å². The van der Waals surface area contributed by atoms with Gasteiger partial charge in [-0.05, 0) is 148 Å². The summed E-state index contributed by atoms with van der Waals surface area (Å²) in [6.45, 7) is 4.50. The summed E-state index contributed by atoms with van der Waals surface area (Å²) in [7, 11) is -9.97. The molecule has 0 aromatic rings. The summed E-state index contributed by atoms with van der Waals surface area (Å²) in [5, 5.41) is 10.6. The molecule has 5 atom stereocenters. The Morgan fingerprint density at radius 3 is 0.857 bits per heavy atom. The van der Waals surface area contributed by atoms with E-state index >= 15 is 0 Å². The molecule has 0 aromatic heterocycles. The van der Waals surface area contributed by atoms with Gasteiger partial charge >= 0.3 is 39.5 Å². The molecule has 98 heavy (non-hydrogen) atoms. The van der Waals surface area contributed by atoms with Gasteiger partial charge in [-0.2, -0.15) is 0 Å². The van der Waals surface area contributed by atoms with E-state index in [2.05, 4.69) is 149 Å². The largest absolute Gasteiger partial charge is 0.472 e. The lowest BCUT2D eigenvalue weighted by atomic mass is 10.1. The molecule has 0 aliphatic carbocycles. The van der Waals surface area contributed by atoms with Crippen LogP contribution in [0.1, 0.15) is 297 Å². The smallest absolute Gasteiger partial charge is 0.462 e. The number of aliphatic hydroxyl groups excluding tert-OH is 1. The quantitative estimate of drug-likeness (QED) is 0.0169. The third-order valence-electron chi connectivity index (χ3n) is 15.4. The number of carbonyl (C=O) groups is 4. The fourth-order valence-corrected chi connectivity index (χ4v) is 11.2. The Labute approximate surface area is 593 Å². The number of phosphoric ester groups is 2. The van der Waals surface area contributed by atoms with Crippen molar-refractivity contribution in [1.29, 1.82) is 0 Å². The molecule has 17 nitrogen and oxygen atoms in total. The summed E-state index contributed by atoms with van der Waals surface area (Å²) in [5.41, 5.74) is 0. The summed E-state index contributed by atoms with van der Waals surface area (Å²) in [5.74, 6) is -2.25. The van der Waals surface area contributed by atoms with Crippen LogP contribution in [-0.4, -0.2) is 96.7 Å². The molecule has 0 saturated heterocycles. The second-order valence-corrected chi connectivity index (χ2v) is 27.7. The van der Waals surface area contributed by atoms with Gasteiger partial charge in [-0.3, -0.25) is 37.3 Å². The number of esters is 4. The molecule has 562 valence electrons. The second kappa shape index (κ2) is 70.9. The summed E-state index contributed by atoms with van der Waals surface area (Å²) >= 11 is 0. The molecule has 0 aliphatic rings. The van der Waals surface area contributed by atoms with Gasteiger partial charge in [0.2, 0.25) is 0 Å². The van der Waals surface area contributed by atoms with Crippen LogP contribution in [0.15, 0.2) is 122 Å². The first kappa shape index (κ1) is 93.5. The van der Waals surface area contributed by atoms with Crippen LogP contribution in [0, 0.1) is 0 Å². The molecule has 0 aromatic carbocycles. The Morgan fingerprint density at radius 1 is 0.296 bits per heavy atom. The van der Waals surface area contributed by atoms with Gasteiger partial charge in [0, 0.05) is 25.7 Å². The first-order chi connectivity index (χ1) is 47.7. The fraction of sp³-hybridized carbons (Fsp3) is 0.696. The van der Waals surface area contributed by atoms with Crippen LogP contribution in [0.4, 0.5) is 0 Å². The van der Waals surface area contributed by atoms with Gasteiger partial charge in [0.15, 0.2) is 12.2 Å². The Bertz CT molecular complexity index is 2340. The van der Waals surface area contributed by atoms with Crippen molar-refractivity contribution in [3.8, 4) is 0 Å². The van der Waals surface area contributed by atoms with E-state index < -0.39 is 97.5 Å². The normalized spacial score (nSPS) is 14.6. The van der Waals surface area contributed by atoms with Crippen molar-refractivity contribution in [2.45, 2.75) is 316 Å². The van der Waals surface area contributed by atoms with Crippen molar-refractivity contribution < 1.29 is 80.2 Å². The van der Waals surface area contributed by atoms with Crippen LogP contribution >= 0.6 is 15.6 Å². The Kier molecular flexibility index (Phi) is 67.6. The molecule has 0 amide bonds. The zero-order valence-corrected chi connectivity index (χ0v) is 63.0.